The van der Waals surface area contributed by atoms with Crippen molar-refractivity contribution < 1.29 is 23.9 Å². The van der Waals surface area contributed by atoms with Gasteiger partial charge < -0.3 is 20.1 Å². The first-order chi connectivity index (χ1) is 13.9. The molecule has 2 aliphatic heterocycles. The molecule has 0 radical (unpaired) electrons. The monoisotopic (exact) mass is 414 g/mol. The number of nitrogens with two attached hydrogens (primary N) is 1. The molecule has 150 valence electrons. The van der Waals surface area contributed by atoms with Crippen LogP contribution < -0.4 is 15.4 Å². The van der Waals surface area contributed by atoms with Crippen molar-refractivity contribution in [1.82, 2.24) is 0 Å². The van der Waals surface area contributed by atoms with Gasteiger partial charge >= 0.3 is 5.97 Å². The van der Waals surface area contributed by atoms with Gasteiger partial charge in [-0.15, -0.1) is 0 Å². The van der Waals surface area contributed by atoms with Crippen LogP contribution in [0.25, 0.3) is 0 Å². The standard InChI is InChI=1S/C21H19ClN2O5/c22-13-6-7-14-12(9-13)10-18(29-21(14)27)20(26)24-8-2-3-15-16(24)4-1-5-17(15)28-11-19(23)25/h1,4-7,9,18H,2-3,8,10-11H2,(H2,23,25). The molecule has 8 heteroatoms. The van der Waals surface area contributed by atoms with Crippen LogP contribution in [0.1, 0.15) is 27.9 Å². The molecule has 4 rings (SSSR count). The molecule has 2 N–H and O–H groups in total. The van der Waals surface area contributed by atoms with Crippen molar-refractivity contribution in [3.05, 3.63) is 58.1 Å². The lowest BCUT2D eigenvalue weighted by atomic mass is 9.96. The summed E-state index contributed by atoms with van der Waals surface area (Å²) in [6, 6.07) is 10.2. The quantitative estimate of drug-likeness (QED) is 0.774. The Morgan fingerprint density at radius 2 is 2.10 bits per heavy atom. The molecule has 2 aromatic carbocycles. The predicted molar refractivity (Wildman–Crippen MR) is 106 cm³/mol. The molecule has 2 aromatic rings. The van der Waals surface area contributed by atoms with Crippen LogP contribution >= 0.6 is 11.6 Å². The normalized spacial score (nSPS) is 17.8. The average molecular weight is 415 g/mol. The lowest BCUT2D eigenvalue weighted by Crippen LogP contribution is -2.46. The van der Waals surface area contributed by atoms with Gasteiger partial charge in [-0.05, 0) is 48.7 Å². The Morgan fingerprint density at radius 1 is 1.28 bits per heavy atom. The summed E-state index contributed by atoms with van der Waals surface area (Å²) in [6.07, 6.45) is 0.773. The summed E-state index contributed by atoms with van der Waals surface area (Å²) in [7, 11) is 0. The van der Waals surface area contributed by atoms with Crippen LogP contribution in [0, 0.1) is 0 Å². The highest BCUT2D eigenvalue weighted by Gasteiger charge is 2.36. The first-order valence-corrected chi connectivity index (χ1v) is 9.65. The van der Waals surface area contributed by atoms with Gasteiger partial charge in [0.2, 0.25) is 0 Å². The van der Waals surface area contributed by atoms with Gasteiger partial charge in [-0.2, -0.15) is 0 Å². The summed E-state index contributed by atoms with van der Waals surface area (Å²) in [5.74, 6) is -0.872. The Bertz CT molecular complexity index is 1010. The molecule has 0 bridgehead atoms. The molecule has 2 aliphatic rings. The number of rotatable bonds is 4. The van der Waals surface area contributed by atoms with Crippen molar-refractivity contribution in [2.75, 3.05) is 18.1 Å². The highest BCUT2D eigenvalue weighted by Crippen LogP contribution is 2.35. The first kappa shape index (κ1) is 19.3. The lowest BCUT2D eigenvalue weighted by Gasteiger charge is -2.34. The number of primary amides is 1. The molecule has 7 nitrogen and oxygen atoms in total. The van der Waals surface area contributed by atoms with Gasteiger partial charge in [-0.1, -0.05) is 17.7 Å². The minimum absolute atomic E-state index is 0.234. The van der Waals surface area contributed by atoms with Gasteiger partial charge in [-0.3, -0.25) is 9.59 Å². The molecule has 0 saturated heterocycles. The number of carbonyl (C=O) groups is 3. The van der Waals surface area contributed by atoms with E-state index in [9.17, 15) is 14.4 Å². The van der Waals surface area contributed by atoms with Crippen LogP contribution in [-0.4, -0.2) is 37.0 Å². The Morgan fingerprint density at radius 3 is 2.90 bits per heavy atom. The van der Waals surface area contributed by atoms with Crippen molar-refractivity contribution in [3.63, 3.8) is 0 Å². The number of carbonyl (C=O) groups excluding carboxylic acids is 3. The second-order valence-electron chi connectivity index (χ2n) is 7.00. The van der Waals surface area contributed by atoms with E-state index in [0.717, 1.165) is 12.0 Å². The molecular weight excluding hydrogens is 396 g/mol. The minimum atomic E-state index is -0.922. The highest BCUT2D eigenvalue weighted by molar-refractivity contribution is 6.30. The van der Waals surface area contributed by atoms with E-state index < -0.39 is 18.0 Å². The average Bonchev–Trinajstić information content (AvgIpc) is 2.70. The van der Waals surface area contributed by atoms with Gasteiger partial charge in [0.05, 0.1) is 11.3 Å². The molecule has 0 fully saturated rings. The molecule has 0 aliphatic carbocycles. The zero-order chi connectivity index (χ0) is 20.5. The van der Waals surface area contributed by atoms with Gasteiger partial charge in [0, 0.05) is 23.6 Å². The fourth-order valence-electron chi connectivity index (χ4n) is 3.78. The van der Waals surface area contributed by atoms with Crippen LogP contribution in [-0.2, 0) is 27.2 Å². The minimum Gasteiger partial charge on any atom is -0.483 e. The number of anilines is 1. The number of esters is 1. The van der Waals surface area contributed by atoms with Crippen LogP contribution in [0.4, 0.5) is 5.69 Å². The van der Waals surface area contributed by atoms with E-state index in [1.54, 1.807) is 35.2 Å². The largest absolute Gasteiger partial charge is 0.483 e. The van der Waals surface area contributed by atoms with Gasteiger partial charge in [0.15, 0.2) is 12.7 Å². The molecular formula is C21H19ClN2O5. The van der Waals surface area contributed by atoms with E-state index in [4.69, 9.17) is 26.8 Å². The third-order valence-corrected chi connectivity index (χ3v) is 5.30. The Kier molecular flexibility index (Phi) is 5.15. The Balaban J connectivity index is 1.60. The van der Waals surface area contributed by atoms with E-state index in [2.05, 4.69) is 0 Å². The van der Waals surface area contributed by atoms with Crippen LogP contribution in [0.15, 0.2) is 36.4 Å². The third kappa shape index (κ3) is 3.78. The summed E-state index contributed by atoms with van der Waals surface area (Å²) >= 11 is 6.04. The van der Waals surface area contributed by atoms with E-state index in [0.29, 0.717) is 40.6 Å². The number of fused-ring (bicyclic) bond motifs is 2. The van der Waals surface area contributed by atoms with Crippen molar-refractivity contribution >= 4 is 35.1 Å². The number of amides is 2. The molecule has 2 amide bonds. The topological polar surface area (TPSA) is 98.9 Å². The van der Waals surface area contributed by atoms with Crippen LogP contribution in [0.2, 0.25) is 5.02 Å². The van der Waals surface area contributed by atoms with Crippen molar-refractivity contribution in [2.45, 2.75) is 25.4 Å². The molecule has 0 aromatic heterocycles. The fraction of sp³-hybridized carbons (Fsp3) is 0.286. The van der Waals surface area contributed by atoms with Gasteiger partial charge in [0.1, 0.15) is 5.75 Å². The van der Waals surface area contributed by atoms with Crippen molar-refractivity contribution in [1.29, 1.82) is 0 Å². The zero-order valence-corrected chi connectivity index (χ0v) is 16.3. The number of hydrogen-bond donors (Lipinski definition) is 1. The van der Waals surface area contributed by atoms with E-state index in [-0.39, 0.29) is 18.9 Å². The second kappa shape index (κ2) is 7.75. The van der Waals surface area contributed by atoms with Crippen LogP contribution in [0.5, 0.6) is 5.75 Å². The summed E-state index contributed by atoms with van der Waals surface area (Å²) in [5, 5.41) is 0.504. The van der Waals surface area contributed by atoms with E-state index in [1.807, 2.05) is 6.07 Å². The second-order valence-corrected chi connectivity index (χ2v) is 7.44. The van der Waals surface area contributed by atoms with Gasteiger partial charge in [0.25, 0.3) is 11.8 Å². The number of cyclic esters (lactones) is 1. The van der Waals surface area contributed by atoms with Gasteiger partial charge in [-0.25, -0.2) is 4.79 Å². The van der Waals surface area contributed by atoms with Crippen molar-refractivity contribution in [2.24, 2.45) is 5.73 Å². The maximum atomic E-state index is 13.2. The fourth-order valence-corrected chi connectivity index (χ4v) is 3.98. The van der Waals surface area contributed by atoms with E-state index >= 15 is 0 Å². The predicted octanol–water partition coefficient (Wildman–Crippen LogP) is 2.26. The number of halogens is 1. The first-order valence-electron chi connectivity index (χ1n) is 9.28. The smallest absolute Gasteiger partial charge is 0.339 e. The molecule has 0 spiro atoms. The molecule has 29 heavy (non-hydrogen) atoms. The Labute approximate surface area is 172 Å². The van der Waals surface area contributed by atoms with E-state index in [1.165, 1.54) is 0 Å². The summed E-state index contributed by atoms with van der Waals surface area (Å²) in [4.78, 5) is 38.2. The third-order valence-electron chi connectivity index (χ3n) is 5.06. The molecule has 1 unspecified atom stereocenters. The summed E-state index contributed by atoms with van der Waals surface area (Å²) in [5.41, 5.74) is 7.82. The number of hydrogen-bond acceptors (Lipinski definition) is 5. The highest BCUT2D eigenvalue weighted by atomic mass is 35.5. The SMILES string of the molecule is NC(=O)COc1cccc2c1CCCN2C(=O)C1Cc2cc(Cl)ccc2C(=O)O1. The maximum Gasteiger partial charge on any atom is 0.339 e. The Hall–Kier alpha value is -3.06. The number of ether oxygens (including phenoxy) is 2. The maximum absolute atomic E-state index is 13.2. The number of nitrogens with zero attached hydrogens (tertiary/aromatic N) is 1. The molecule has 0 saturated carbocycles. The zero-order valence-electron chi connectivity index (χ0n) is 15.5. The summed E-state index contributed by atoms with van der Waals surface area (Å²) in [6.45, 7) is 0.268. The summed E-state index contributed by atoms with van der Waals surface area (Å²) < 4.78 is 10.9. The molecule has 2 heterocycles. The number of benzene rings is 2. The molecule has 1 atom stereocenters. The lowest BCUT2D eigenvalue weighted by molar-refractivity contribution is -0.127. The van der Waals surface area contributed by atoms with Crippen molar-refractivity contribution in [3.8, 4) is 5.75 Å². The van der Waals surface area contributed by atoms with Crippen LogP contribution in [0.3, 0.4) is 0 Å².